The maximum Gasteiger partial charge on any atom is 0.321 e. The number of likely N-dealkylation sites (N-methyl/N-ethyl adjacent to an activating group) is 1. The Labute approximate surface area is 220 Å². The first-order valence-corrected chi connectivity index (χ1v) is 14.2. The summed E-state index contributed by atoms with van der Waals surface area (Å²) in [6.07, 6.45) is 0.620. The fourth-order valence-corrected chi connectivity index (χ4v) is 7.32. The summed E-state index contributed by atoms with van der Waals surface area (Å²) in [7, 11) is -2.39. The first-order valence-electron chi connectivity index (χ1n) is 11.9. The Morgan fingerprint density at radius 1 is 1.14 bits per heavy atom. The lowest BCUT2D eigenvalue weighted by atomic mass is 10.0. The normalized spacial score (nSPS) is 17.7. The molecule has 1 aromatic carbocycles. The van der Waals surface area contributed by atoms with Gasteiger partial charge >= 0.3 is 6.03 Å². The highest BCUT2D eigenvalue weighted by Gasteiger charge is 2.42. The molecule has 0 aliphatic carbocycles. The second-order valence-corrected chi connectivity index (χ2v) is 12.4. The van der Waals surface area contributed by atoms with Gasteiger partial charge in [0.2, 0.25) is 10.0 Å². The summed E-state index contributed by atoms with van der Waals surface area (Å²) >= 11 is 1.31. The summed E-state index contributed by atoms with van der Waals surface area (Å²) in [5.74, 6) is -1.08. The first kappa shape index (κ1) is 27.2. The van der Waals surface area contributed by atoms with Crippen molar-refractivity contribution in [1.29, 1.82) is 0 Å². The number of sulfonamides is 1. The number of ether oxygens (including phenoxy) is 1. The Kier molecular flexibility index (Phi) is 7.72. The van der Waals surface area contributed by atoms with Crippen LogP contribution in [-0.2, 0) is 27.7 Å². The van der Waals surface area contributed by atoms with Gasteiger partial charge < -0.3 is 15.4 Å². The van der Waals surface area contributed by atoms with Crippen LogP contribution in [0.1, 0.15) is 51.9 Å². The summed E-state index contributed by atoms with van der Waals surface area (Å²) in [5.41, 5.74) is 0.660. The first-order chi connectivity index (χ1) is 17.5. The van der Waals surface area contributed by atoms with Gasteiger partial charge in [0.05, 0.1) is 22.6 Å². The van der Waals surface area contributed by atoms with E-state index in [2.05, 4.69) is 27.8 Å². The third-order valence-electron chi connectivity index (χ3n) is 6.53. The summed E-state index contributed by atoms with van der Waals surface area (Å²) in [6.45, 7) is 8.17. The molecule has 3 N–H and O–H groups in total. The molecule has 13 heteroatoms. The molecule has 1 fully saturated rings. The molecule has 0 spiro atoms. The number of fused-ring (bicyclic) bond motifs is 1. The van der Waals surface area contributed by atoms with Crippen molar-refractivity contribution in [1.82, 2.24) is 19.8 Å². The van der Waals surface area contributed by atoms with Crippen molar-refractivity contribution in [3.63, 3.8) is 0 Å². The van der Waals surface area contributed by atoms with E-state index in [-0.39, 0.29) is 22.8 Å². The van der Waals surface area contributed by atoms with Gasteiger partial charge in [-0.15, -0.1) is 11.3 Å². The number of thiophene rings is 1. The number of benzene rings is 1. The van der Waals surface area contributed by atoms with Gasteiger partial charge in [0, 0.05) is 30.6 Å². The van der Waals surface area contributed by atoms with Crippen molar-refractivity contribution in [2.75, 3.05) is 38.8 Å². The number of imide groups is 1. The molecule has 37 heavy (non-hydrogen) atoms. The summed E-state index contributed by atoms with van der Waals surface area (Å²) in [5, 5.41) is 7.80. The Morgan fingerprint density at radius 2 is 1.84 bits per heavy atom. The molecule has 200 valence electrons. The van der Waals surface area contributed by atoms with E-state index < -0.39 is 33.4 Å². The van der Waals surface area contributed by atoms with Gasteiger partial charge in [-0.25, -0.2) is 13.2 Å². The van der Waals surface area contributed by atoms with E-state index in [9.17, 15) is 22.8 Å². The quantitative estimate of drug-likeness (QED) is 0.502. The van der Waals surface area contributed by atoms with Crippen LogP contribution >= 0.6 is 11.3 Å². The zero-order valence-electron chi connectivity index (χ0n) is 21.2. The molecule has 0 bridgehead atoms. The van der Waals surface area contributed by atoms with E-state index in [0.29, 0.717) is 24.6 Å². The minimum absolute atomic E-state index is 0.0308. The van der Waals surface area contributed by atoms with E-state index in [0.717, 1.165) is 23.5 Å². The molecule has 1 saturated heterocycles. The molecule has 0 unspecified atom stereocenters. The van der Waals surface area contributed by atoms with E-state index in [1.165, 1.54) is 47.0 Å². The molecule has 0 atom stereocenters. The van der Waals surface area contributed by atoms with Crippen LogP contribution in [0.15, 0.2) is 29.2 Å². The van der Waals surface area contributed by atoms with Crippen LogP contribution in [0.25, 0.3) is 0 Å². The number of hydrogen-bond acceptors (Lipinski definition) is 8. The van der Waals surface area contributed by atoms with E-state index >= 15 is 0 Å². The van der Waals surface area contributed by atoms with Gasteiger partial charge in [-0.05, 0) is 56.6 Å². The lowest BCUT2D eigenvalue weighted by molar-refractivity contribution is 0.0964. The van der Waals surface area contributed by atoms with Crippen LogP contribution in [-0.4, -0.2) is 74.5 Å². The molecule has 3 heterocycles. The lowest BCUT2D eigenvalue weighted by Gasteiger charge is -2.28. The Balaban J connectivity index is 1.59. The number of carbonyl (C=O) groups is 3. The lowest BCUT2D eigenvalue weighted by Crippen LogP contribution is -2.44. The predicted molar refractivity (Wildman–Crippen MR) is 139 cm³/mol. The Bertz CT molecular complexity index is 1320. The topological polar surface area (TPSA) is 137 Å². The number of carbonyl (C=O) groups excluding carboxylic acids is 3. The SMILES string of the molecule is CCN1CCc2c(sc(NC(=O)c3ccc(S(=O)(=O)N4COCC4(C)C)cc3)c2C(=O)NC(=O)NC)C1. The van der Waals surface area contributed by atoms with Crippen LogP contribution in [0.3, 0.4) is 0 Å². The van der Waals surface area contributed by atoms with Gasteiger partial charge in [-0.1, -0.05) is 6.92 Å². The molecule has 0 saturated carbocycles. The minimum Gasteiger partial charge on any atom is -0.363 e. The van der Waals surface area contributed by atoms with Gasteiger partial charge in [0.15, 0.2) is 0 Å². The predicted octanol–water partition coefficient (Wildman–Crippen LogP) is 2.20. The second kappa shape index (κ2) is 10.5. The molecule has 1 aromatic heterocycles. The number of amides is 4. The van der Waals surface area contributed by atoms with Gasteiger partial charge in [0.1, 0.15) is 11.7 Å². The fourth-order valence-electron chi connectivity index (χ4n) is 4.38. The molecule has 2 aliphatic heterocycles. The fraction of sp³-hybridized carbons (Fsp3) is 0.458. The zero-order chi connectivity index (χ0) is 27.0. The number of rotatable bonds is 6. The van der Waals surface area contributed by atoms with Crippen molar-refractivity contribution in [3.8, 4) is 0 Å². The molecule has 2 aromatic rings. The monoisotopic (exact) mass is 549 g/mol. The Hall–Kier alpha value is -2.84. The molecule has 0 radical (unpaired) electrons. The van der Waals surface area contributed by atoms with E-state index in [1.54, 1.807) is 13.8 Å². The maximum atomic E-state index is 13.1. The van der Waals surface area contributed by atoms with Crippen LogP contribution in [0, 0.1) is 0 Å². The van der Waals surface area contributed by atoms with Gasteiger partial charge in [-0.2, -0.15) is 4.31 Å². The smallest absolute Gasteiger partial charge is 0.321 e. The average Bonchev–Trinajstić information content (AvgIpc) is 3.42. The standard InChI is InChI=1S/C24H31N5O6S2/c1-5-28-11-10-17-18(12-28)36-22(19(17)21(31)27-23(32)25-4)26-20(30)15-6-8-16(9-7-15)37(33,34)29-14-35-13-24(29,2)3/h6-9H,5,10-14H2,1-4H3,(H,26,30)(H2,25,27,31,32). The van der Waals surface area contributed by atoms with Crippen LogP contribution in [0.5, 0.6) is 0 Å². The molecule has 11 nitrogen and oxygen atoms in total. The van der Waals surface area contributed by atoms with Gasteiger partial charge in [0.25, 0.3) is 11.8 Å². The van der Waals surface area contributed by atoms with E-state index in [1.807, 2.05) is 0 Å². The molecule has 4 rings (SSSR count). The van der Waals surface area contributed by atoms with Crippen molar-refractivity contribution < 1.29 is 27.5 Å². The van der Waals surface area contributed by atoms with Crippen LogP contribution < -0.4 is 16.0 Å². The highest BCUT2D eigenvalue weighted by atomic mass is 32.2. The maximum absolute atomic E-state index is 13.1. The van der Waals surface area contributed by atoms with Crippen LogP contribution in [0.4, 0.5) is 9.80 Å². The van der Waals surface area contributed by atoms with Crippen molar-refractivity contribution in [2.45, 2.75) is 44.2 Å². The number of nitrogens with zero attached hydrogens (tertiary/aromatic N) is 2. The Morgan fingerprint density at radius 3 is 2.43 bits per heavy atom. The largest absolute Gasteiger partial charge is 0.363 e. The summed E-state index contributed by atoms with van der Waals surface area (Å²) < 4.78 is 32.8. The van der Waals surface area contributed by atoms with Crippen molar-refractivity contribution in [2.24, 2.45) is 0 Å². The summed E-state index contributed by atoms with van der Waals surface area (Å²) in [6, 6.07) is 5.00. The van der Waals surface area contributed by atoms with Crippen molar-refractivity contribution in [3.05, 3.63) is 45.8 Å². The third kappa shape index (κ3) is 5.41. The number of anilines is 1. The molecular weight excluding hydrogens is 518 g/mol. The minimum atomic E-state index is -3.81. The average molecular weight is 550 g/mol. The number of urea groups is 1. The molecular formula is C24H31N5O6S2. The van der Waals surface area contributed by atoms with Crippen LogP contribution in [0.2, 0.25) is 0 Å². The summed E-state index contributed by atoms with van der Waals surface area (Å²) in [4.78, 5) is 41.1. The number of hydrogen-bond donors (Lipinski definition) is 3. The third-order valence-corrected chi connectivity index (χ3v) is 9.71. The van der Waals surface area contributed by atoms with Gasteiger partial charge in [-0.3, -0.25) is 19.8 Å². The molecule has 2 aliphatic rings. The number of nitrogens with one attached hydrogen (secondary N) is 3. The second-order valence-electron chi connectivity index (χ2n) is 9.48. The highest BCUT2D eigenvalue weighted by Crippen LogP contribution is 2.37. The zero-order valence-corrected chi connectivity index (χ0v) is 22.8. The highest BCUT2D eigenvalue weighted by molar-refractivity contribution is 7.89. The van der Waals surface area contributed by atoms with E-state index in [4.69, 9.17) is 4.74 Å². The molecule has 4 amide bonds. The van der Waals surface area contributed by atoms with Crippen molar-refractivity contribution >= 4 is 44.2 Å².